The molecule has 1 heterocycles. The average molecular weight is 225 g/mol. The standard InChI is InChI=1S/C12H19NO3/c1-13(2)11(15)9-8-10(14)16-12(9)6-4-3-5-7-12/h9H,3-8H2,1-2H3/t9-/m0/s1. The quantitative estimate of drug-likeness (QED) is 0.633. The molecule has 1 aliphatic carbocycles. The molecular formula is C12H19NO3. The number of hydrogen-bond donors (Lipinski definition) is 0. The second kappa shape index (κ2) is 4.07. The summed E-state index contributed by atoms with van der Waals surface area (Å²) >= 11 is 0. The number of nitrogens with zero attached hydrogens (tertiary/aromatic N) is 1. The summed E-state index contributed by atoms with van der Waals surface area (Å²) in [6, 6.07) is 0. The first-order valence-corrected chi connectivity index (χ1v) is 5.98. The van der Waals surface area contributed by atoms with E-state index in [1.54, 1.807) is 19.0 Å². The highest BCUT2D eigenvalue weighted by Crippen LogP contribution is 2.44. The summed E-state index contributed by atoms with van der Waals surface area (Å²) in [5.41, 5.74) is -0.476. The predicted molar refractivity (Wildman–Crippen MR) is 58.7 cm³/mol. The molecule has 0 bridgehead atoms. The first kappa shape index (κ1) is 11.4. The summed E-state index contributed by atoms with van der Waals surface area (Å²) in [7, 11) is 3.48. The second-order valence-corrected chi connectivity index (χ2v) is 5.09. The maximum Gasteiger partial charge on any atom is 0.307 e. The van der Waals surface area contributed by atoms with E-state index in [4.69, 9.17) is 4.74 Å². The van der Waals surface area contributed by atoms with Crippen LogP contribution >= 0.6 is 0 Å². The molecule has 1 atom stereocenters. The van der Waals surface area contributed by atoms with Crippen molar-refractivity contribution in [2.75, 3.05) is 14.1 Å². The van der Waals surface area contributed by atoms with Crippen LogP contribution in [-0.4, -0.2) is 36.5 Å². The van der Waals surface area contributed by atoms with E-state index in [2.05, 4.69) is 0 Å². The van der Waals surface area contributed by atoms with Crippen LogP contribution in [-0.2, 0) is 14.3 Å². The van der Waals surface area contributed by atoms with E-state index in [9.17, 15) is 9.59 Å². The lowest BCUT2D eigenvalue weighted by Gasteiger charge is -2.36. The van der Waals surface area contributed by atoms with Gasteiger partial charge in [-0.05, 0) is 25.7 Å². The second-order valence-electron chi connectivity index (χ2n) is 5.09. The number of rotatable bonds is 1. The van der Waals surface area contributed by atoms with Gasteiger partial charge in [0.1, 0.15) is 5.60 Å². The van der Waals surface area contributed by atoms with Crippen LogP contribution < -0.4 is 0 Å². The maximum absolute atomic E-state index is 12.1. The fraction of sp³-hybridized carbons (Fsp3) is 0.833. The van der Waals surface area contributed by atoms with Crippen molar-refractivity contribution < 1.29 is 14.3 Å². The van der Waals surface area contributed by atoms with Gasteiger partial charge in [0.05, 0.1) is 12.3 Å². The van der Waals surface area contributed by atoms with E-state index < -0.39 is 5.60 Å². The third-order valence-corrected chi connectivity index (χ3v) is 3.76. The van der Waals surface area contributed by atoms with E-state index in [1.165, 1.54) is 6.42 Å². The largest absolute Gasteiger partial charge is 0.458 e. The summed E-state index contributed by atoms with van der Waals surface area (Å²) in [4.78, 5) is 25.1. The van der Waals surface area contributed by atoms with Crippen molar-refractivity contribution in [2.24, 2.45) is 5.92 Å². The Hall–Kier alpha value is -1.06. The third kappa shape index (κ3) is 1.81. The van der Waals surface area contributed by atoms with E-state index in [0.29, 0.717) is 0 Å². The number of carbonyl (C=O) groups is 2. The molecule has 1 saturated heterocycles. The zero-order valence-electron chi connectivity index (χ0n) is 9.99. The molecule has 1 amide bonds. The molecule has 2 aliphatic rings. The highest BCUT2D eigenvalue weighted by molar-refractivity contribution is 5.87. The molecule has 4 nitrogen and oxygen atoms in total. The SMILES string of the molecule is CN(C)C(=O)[C@@H]1CC(=O)OC12CCCCC2. The molecule has 90 valence electrons. The van der Waals surface area contributed by atoms with E-state index in [1.807, 2.05) is 0 Å². The van der Waals surface area contributed by atoms with E-state index >= 15 is 0 Å². The molecule has 0 aromatic carbocycles. The minimum atomic E-state index is -0.476. The van der Waals surface area contributed by atoms with E-state index in [0.717, 1.165) is 25.7 Å². The third-order valence-electron chi connectivity index (χ3n) is 3.76. The van der Waals surface area contributed by atoms with Crippen LogP contribution in [0.25, 0.3) is 0 Å². The summed E-state index contributed by atoms with van der Waals surface area (Å²) in [5.74, 6) is -0.426. The van der Waals surface area contributed by atoms with Crippen molar-refractivity contribution in [3.8, 4) is 0 Å². The Balaban J connectivity index is 2.21. The Morgan fingerprint density at radius 3 is 2.50 bits per heavy atom. The van der Waals surface area contributed by atoms with Gasteiger partial charge in [0.15, 0.2) is 0 Å². The predicted octanol–water partition coefficient (Wildman–Crippen LogP) is 1.34. The summed E-state index contributed by atoms with van der Waals surface area (Å²) in [6.07, 6.45) is 5.26. The summed E-state index contributed by atoms with van der Waals surface area (Å²) in [6.45, 7) is 0. The summed E-state index contributed by atoms with van der Waals surface area (Å²) < 4.78 is 5.49. The Labute approximate surface area is 95.9 Å². The molecule has 1 aliphatic heterocycles. The van der Waals surface area contributed by atoms with Crippen molar-refractivity contribution >= 4 is 11.9 Å². The minimum absolute atomic E-state index is 0.0350. The normalized spacial score (nSPS) is 27.9. The Morgan fingerprint density at radius 2 is 1.94 bits per heavy atom. The Kier molecular flexibility index (Phi) is 2.91. The van der Waals surface area contributed by atoms with Gasteiger partial charge in [-0.3, -0.25) is 9.59 Å². The van der Waals surface area contributed by atoms with Gasteiger partial charge >= 0.3 is 5.97 Å². The highest BCUT2D eigenvalue weighted by atomic mass is 16.6. The fourth-order valence-electron chi connectivity index (χ4n) is 2.92. The van der Waals surface area contributed by atoms with Crippen LogP contribution in [0.4, 0.5) is 0 Å². The Morgan fingerprint density at radius 1 is 1.31 bits per heavy atom. The topological polar surface area (TPSA) is 46.6 Å². The van der Waals surface area contributed by atoms with Crippen molar-refractivity contribution in [3.63, 3.8) is 0 Å². The highest BCUT2D eigenvalue weighted by Gasteiger charge is 2.53. The van der Waals surface area contributed by atoms with Gasteiger partial charge in [-0.1, -0.05) is 6.42 Å². The monoisotopic (exact) mass is 225 g/mol. The first-order chi connectivity index (χ1) is 7.55. The van der Waals surface area contributed by atoms with Crippen LogP contribution in [0.5, 0.6) is 0 Å². The fourth-order valence-corrected chi connectivity index (χ4v) is 2.92. The van der Waals surface area contributed by atoms with Gasteiger partial charge in [0, 0.05) is 14.1 Å². The molecule has 4 heteroatoms. The molecule has 2 rings (SSSR count). The van der Waals surface area contributed by atoms with Crippen molar-refractivity contribution in [2.45, 2.75) is 44.1 Å². The van der Waals surface area contributed by atoms with Crippen LogP contribution in [0.2, 0.25) is 0 Å². The van der Waals surface area contributed by atoms with Gasteiger partial charge in [0.25, 0.3) is 0 Å². The van der Waals surface area contributed by atoms with Crippen LogP contribution in [0.3, 0.4) is 0 Å². The van der Waals surface area contributed by atoms with Crippen molar-refractivity contribution in [3.05, 3.63) is 0 Å². The molecule has 0 aromatic heterocycles. The van der Waals surface area contributed by atoms with Gasteiger partial charge in [-0.15, -0.1) is 0 Å². The van der Waals surface area contributed by atoms with Crippen molar-refractivity contribution in [1.29, 1.82) is 0 Å². The first-order valence-electron chi connectivity index (χ1n) is 5.98. The molecule has 16 heavy (non-hydrogen) atoms. The lowest BCUT2D eigenvalue weighted by atomic mass is 9.75. The van der Waals surface area contributed by atoms with Crippen LogP contribution in [0.1, 0.15) is 38.5 Å². The number of amides is 1. The van der Waals surface area contributed by atoms with Crippen LogP contribution in [0, 0.1) is 5.92 Å². The number of ether oxygens (including phenoxy) is 1. The molecule has 0 radical (unpaired) electrons. The maximum atomic E-state index is 12.1. The molecule has 0 aromatic rings. The summed E-state index contributed by atoms with van der Waals surface area (Å²) in [5, 5.41) is 0. The molecular weight excluding hydrogens is 206 g/mol. The molecule has 2 fully saturated rings. The van der Waals surface area contributed by atoms with E-state index in [-0.39, 0.29) is 24.2 Å². The van der Waals surface area contributed by atoms with Gasteiger partial charge in [0.2, 0.25) is 5.91 Å². The number of hydrogen-bond acceptors (Lipinski definition) is 3. The van der Waals surface area contributed by atoms with Gasteiger partial charge in [-0.2, -0.15) is 0 Å². The Bertz CT molecular complexity index is 305. The lowest BCUT2D eigenvalue weighted by Crippen LogP contribution is -2.45. The zero-order chi connectivity index (χ0) is 11.8. The number of esters is 1. The molecule has 1 spiro atoms. The van der Waals surface area contributed by atoms with Gasteiger partial charge in [-0.25, -0.2) is 0 Å². The average Bonchev–Trinajstić information content (AvgIpc) is 2.55. The minimum Gasteiger partial charge on any atom is -0.458 e. The zero-order valence-corrected chi connectivity index (χ0v) is 9.99. The lowest BCUT2D eigenvalue weighted by molar-refractivity contribution is -0.155. The van der Waals surface area contributed by atoms with Crippen LogP contribution in [0.15, 0.2) is 0 Å². The van der Waals surface area contributed by atoms with Crippen molar-refractivity contribution in [1.82, 2.24) is 4.90 Å². The van der Waals surface area contributed by atoms with Gasteiger partial charge < -0.3 is 9.64 Å². The molecule has 1 saturated carbocycles. The molecule has 0 N–H and O–H groups in total. The smallest absolute Gasteiger partial charge is 0.307 e. The number of carbonyl (C=O) groups excluding carboxylic acids is 2. The molecule has 0 unspecified atom stereocenters.